The second-order valence-corrected chi connectivity index (χ2v) is 7.66. The Bertz CT molecular complexity index is 1530. The molecule has 168 valence electrons. The smallest absolute Gasteiger partial charge is 0.255 e. The van der Waals surface area contributed by atoms with Crippen LogP contribution in [0.25, 0.3) is 22.3 Å². The third-order valence-corrected chi connectivity index (χ3v) is 5.16. The van der Waals surface area contributed by atoms with Crippen LogP contribution in [0.5, 0.6) is 11.5 Å². The summed E-state index contributed by atoms with van der Waals surface area (Å²) in [6.45, 7) is 0. The van der Waals surface area contributed by atoms with Crippen LogP contribution in [0.15, 0.2) is 73.2 Å². The maximum Gasteiger partial charge on any atom is 0.255 e. The highest BCUT2D eigenvalue weighted by atomic mass is 35.5. The molecule has 3 aromatic carbocycles. The summed E-state index contributed by atoms with van der Waals surface area (Å²) in [5, 5.41) is 9.06. The standard InChI is InChI=1S/C24H14ClF2N5O2/c25-19-3-1-13(5-20(19)27)24(33)31-16-6-15(26)7-18(8-16)34-17-2-4-21-22(9-17)32-23(12-28-21)14-10-29-30-11-14/h1-12H,(H,29,30)(H,31,33). The summed E-state index contributed by atoms with van der Waals surface area (Å²) in [5.74, 6) is -1.43. The van der Waals surface area contributed by atoms with Gasteiger partial charge in [-0.3, -0.25) is 14.9 Å². The fourth-order valence-electron chi connectivity index (χ4n) is 3.26. The minimum atomic E-state index is -0.729. The number of anilines is 1. The summed E-state index contributed by atoms with van der Waals surface area (Å²) in [6.07, 6.45) is 4.98. The topological polar surface area (TPSA) is 92.8 Å². The first-order chi connectivity index (χ1) is 16.4. The highest BCUT2D eigenvalue weighted by Gasteiger charge is 2.12. The molecule has 34 heavy (non-hydrogen) atoms. The first kappa shape index (κ1) is 21.5. The molecule has 0 fully saturated rings. The lowest BCUT2D eigenvalue weighted by atomic mass is 10.2. The van der Waals surface area contributed by atoms with E-state index in [0.717, 1.165) is 17.7 Å². The van der Waals surface area contributed by atoms with Crippen molar-refractivity contribution in [3.63, 3.8) is 0 Å². The van der Waals surface area contributed by atoms with E-state index in [1.165, 1.54) is 24.3 Å². The van der Waals surface area contributed by atoms with Crippen molar-refractivity contribution >= 4 is 34.2 Å². The maximum atomic E-state index is 14.2. The molecule has 0 aliphatic carbocycles. The van der Waals surface area contributed by atoms with Crippen LogP contribution >= 0.6 is 11.6 Å². The second-order valence-electron chi connectivity index (χ2n) is 7.25. The molecule has 1 amide bonds. The summed E-state index contributed by atoms with van der Waals surface area (Å²) in [4.78, 5) is 21.4. The number of hydrogen-bond donors (Lipinski definition) is 2. The van der Waals surface area contributed by atoms with Crippen LogP contribution in [-0.4, -0.2) is 26.1 Å². The number of carbonyl (C=O) groups is 1. The number of benzene rings is 3. The number of aromatic nitrogens is 4. The lowest BCUT2D eigenvalue weighted by Gasteiger charge is -2.10. The van der Waals surface area contributed by atoms with Gasteiger partial charge >= 0.3 is 0 Å². The molecule has 7 nitrogen and oxygen atoms in total. The zero-order chi connectivity index (χ0) is 23.7. The largest absolute Gasteiger partial charge is 0.457 e. The predicted molar refractivity (Wildman–Crippen MR) is 123 cm³/mol. The molecule has 2 N–H and O–H groups in total. The third-order valence-electron chi connectivity index (χ3n) is 4.85. The van der Waals surface area contributed by atoms with Crippen molar-refractivity contribution in [2.45, 2.75) is 0 Å². The zero-order valence-corrected chi connectivity index (χ0v) is 18.0. The summed E-state index contributed by atoms with van der Waals surface area (Å²) in [7, 11) is 0. The fraction of sp³-hybridized carbons (Fsp3) is 0. The van der Waals surface area contributed by atoms with Crippen LogP contribution in [0, 0.1) is 11.6 Å². The molecule has 2 heterocycles. The van der Waals surface area contributed by atoms with E-state index in [2.05, 4.69) is 25.5 Å². The molecule has 0 bridgehead atoms. The molecule has 10 heteroatoms. The van der Waals surface area contributed by atoms with Crippen molar-refractivity contribution < 1.29 is 18.3 Å². The van der Waals surface area contributed by atoms with Gasteiger partial charge in [0.15, 0.2) is 0 Å². The summed E-state index contributed by atoms with van der Waals surface area (Å²) in [5.41, 5.74) is 2.82. The van der Waals surface area contributed by atoms with Crippen molar-refractivity contribution in [3.8, 4) is 22.8 Å². The molecule has 2 aromatic heterocycles. The zero-order valence-electron chi connectivity index (χ0n) is 17.2. The Balaban J connectivity index is 1.39. The third kappa shape index (κ3) is 4.55. The molecule has 0 spiro atoms. The number of halogens is 3. The van der Waals surface area contributed by atoms with Gasteiger partial charge in [-0.25, -0.2) is 13.8 Å². The van der Waals surface area contributed by atoms with Gasteiger partial charge < -0.3 is 10.1 Å². The lowest BCUT2D eigenvalue weighted by Crippen LogP contribution is -2.12. The van der Waals surface area contributed by atoms with E-state index in [9.17, 15) is 13.6 Å². The van der Waals surface area contributed by atoms with Gasteiger partial charge in [-0.05, 0) is 36.4 Å². The van der Waals surface area contributed by atoms with Crippen LogP contribution in [0.1, 0.15) is 10.4 Å². The Morgan fingerprint density at radius 1 is 0.971 bits per heavy atom. The van der Waals surface area contributed by atoms with E-state index < -0.39 is 17.5 Å². The molecule has 0 saturated carbocycles. The summed E-state index contributed by atoms with van der Waals surface area (Å²) in [6, 6.07) is 12.5. The number of fused-ring (bicyclic) bond motifs is 1. The van der Waals surface area contributed by atoms with Gasteiger partial charge in [0.1, 0.15) is 23.1 Å². The number of nitrogens with zero attached hydrogens (tertiary/aromatic N) is 3. The number of ether oxygens (including phenoxy) is 1. The normalized spacial score (nSPS) is 10.9. The van der Waals surface area contributed by atoms with E-state index in [-0.39, 0.29) is 22.0 Å². The van der Waals surface area contributed by atoms with E-state index in [1.807, 2.05) is 0 Å². The minimum absolute atomic E-state index is 0.0372. The van der Waals surface area contributed by atoms with Crippen molar-refractivity contribution in [1.82, 2.24) is 20.2 Å². The van der Waals surface area contributed by atoms with E-state index in [4.69, 9.17) is 16.3 Å². The first-order valence-electron chi connectivity index (χ1n) is 9.95. The Kier molecular flexibility index (Phi) is 5.60. The number of carbonyl (C=O) groups excluding carboxylic acids is 1. The predicted octanol–water partition coefficient (Wildman–Crippen LogP) is 6.00. The summed E-state index contributed by atoms with van der Waals surface area (Å²) < 4.78 is 33.7. The SMILES string of the molecule is O=C(Nc1cc(F)cc(Oc2ccc3ncc(-c4cn[nH]c4)nc3c2)c1)c1ccc(Cl)c(F)c1. The van der Waals surface area contributed by atoms with Crippen molar-refractivity contribution in [2.24, 2.45) is 0 Å². The maximum absolute atomic E-state index is 14.2. The fourth-order valence-corrected chi connectivity index (χ4v) is 3.37. The van der Waals surface area contributed by atoms with Gasteiger partial charge in [0, 0.05) is 41.2 Å². The molecule has 0 saturated heterocycles. The minimum Gasteiger partial charge on any atom is -0.457 e. The first-order valence-corrected chi connectivity index (χ1v) is 10.3. The molecule has 0 radical (unpaired) electrons. The Morgan fingerprint density at radius 3 is 2.65 bits per heavy atom. The Hall–Kier alpha value is -4.37. The molecule has 0 aliphatic rings. The number of hydrogen-bond acceptors (Lipinski definition) is 5. The summed E-state index contributed by atoms with van der Waals surface area (Å²) >= 11 is 5.65. The molecule has 0 unspecified atom stereocenters. The van der Waals surface area contributed by atoms with Gasteiger partial charge in [-0.2, -0.15) is 5.10 Å². The molecule has 5 rings (SSSR count). The second kappa shape index (κ2) is 8.87. The van der Waals surface area contributed by atoms with Gasteiger partial charge in [-0.1, -0.05) is 11.6 Å². The Morgan fingerprint density at radius 2 is 1.85 bits per heavy atom. The quantitative estimate of drug-likeness (QED) is 0.324. The van der Waals surface area contributed by atoms with Crippen molar-refractivity contribution in [1.29, 1.82) is 0 Å². The average molecular weight is 478 g/mol. The van der Waals surface area contributed by atoms with Gasteiger partial charge in [0.2, 0.25) is 0 Å². The molecule has 5 aromatic rings. The van der Waals surface area contributed by atoms with Crippen LogP contribution < -0.4 is 10.1 Å². The van der Waals surface area contributed by atoms with E-state index >= 15 is 0 Å². The molecule has 0 aliphatic heterocycles. The number of H-pyrrole nitrogens is 1. The number of amides is 1. The van der Waals surface area contributed by atoms with Crippen LogP contribution in [0.2, 0.25) is 5.02 Å². The molecule has 0 atom stereocenters. The Labute approximate surface area is 196 Å². The van der Waals surface area contributed by atoms with Gasteiger partial charge in [-0.15, -0.1) is 0 Å². The van der Waals surface area contributed by atoms with E-state index in [1.54, 1.807) is 36.8 Å². The monoisotopic (exact) mass is 477 g/mol. The van der Waals surface area contributed by atoms with E-state index in [0.29, 0.717) is 22.5 Å². The van der Waals surface area contributed by atoms with Crippen LogP contribution in [0.4, 0.5) is 14.5 Å². The van der Waals surface area contributed by atoms with Crippen LogP contribution in [-0.2, 0) is 0 Å². The molecular formula is C24H14ClF2N5O2. The van der Waals surface area contributed by atoms with Gasteiger partial charge in [0.05, 0.1) is 34.1 Å². The highest BCUT2D eigenvalue weighted by molar-refractivity contribution is 6.30. The average Bonchev–Trinajstić information content (AvgIpc) is 3.35. The lowest BCUT2D eigenvalue weighted by molar-refractivity contribution is 0.102. The van der Waals surface area contributed by atoms with Crippen molar-refractivity contribution in [3.05, 3.63) is 95.4 Å². The van der Waals surface area contributed by atoms with Gasteiger partial charge in [0.25, 0.3) is 5.91 Å². The number of aromatic amines is 1. The van der Waals surface area contributed by atoms with Crippen molar-refractivity contribution in [2.75, 3.05) is 5.32 Å². The molecular weight excluding hydrogens is 464 g/mol. The number of rotatable bonds is 5. The highest BCUT2D eigenvalue weighted by Crippen LogP contribution is 2.29. The number of nitrogens with one attached hydrogen (secondary N) is 2. The van der Waals surface area contributed by atoms with Crippen LogP contribution in [0.3, 0.4) is 0 Å².